The molecule has 0 radical (unpaired) electrons. The summed E-state index contributed by atoms with van der Waals surface area (Å²) in [5.74, 6) is -6.12. The molecule has 0 saturated carbocycles. The van der Waals surface area contributed by atoms with Crippen molar-refractivity contribution in [3.8, 4) is 0 Å². The second-order valence-corrected chi connectivity index (χ2v) is 11.2. The third-order valence-corrected chi connectivity index (χ3v) is 5.79. The maximum atomic E-state index is 10.4. The summed E-state index contributed by atoms with van der Waals surface area (Å²) in [5, 5.41) is 98.9. The Morgan fingerprint density at radius 1 is 0.434 bits per heavy atom. The van der Waals surface area contributed by atoms with Crippen LogP contribution in [0.3, 0.4) is 0 Å². The summed E-state index contributed by atoms with van der Waals surface area (Å²) in [4.78, 5) is 61.2. The van der Waals surface area contributed by atoms with Crippen LogP contribution in [0.5, 0.6) is 0 Å². The molecule has 0 aliphatic carbocycles. The minimum Gasteiger partial charge on any atom is -0.481 e. The SMILES string of the molecule is CC(C)(CO)CO.O=C(O)CCCCC(=O)O.O=C(O)c1ccc(C(=O)O)cc1.O=C(O)c1cccc(C(=O)O)c1.OCCCCCCO.OCCO. The fourth-order valence-corrected chi connectivity index (χ4v) is 2.72. The van der Waals surface area contributed by atoms with Crippen LogP contribution in [0.25, 0.3) is 0 Å². The first-order chi connectivity index (χ1) is 24.8. The third-order valence-electron chi connectivity index (χ3n) is 5.79. The van der Waals surface area contributed by atoms with E-state index in [1.165, 1.54) is 42.5 Å². The van der Waals surface area contributed by atoms with Gasteiger partial charge in [0.05, 0.1) is 48.7 Å². The van der Waals surface area contributed by atoms with Crippen LogP contribution >= 0.6 is 0 Å². The summed E-state index contributed by atoms with van der Waals surface area (Å²) < 4.78 is 0. The molecule has 2 aromatic carbocycles. The van der Waals surface area contributed by atoms with Crippen molar-refractivity contribution in [3.63, 3.8) is 0 Å². The molecule has 302 valence electrons. The standard InChI is InChI=1S/2C8H6O4.C6H10O4.C6H14O2.C5H12O2.C2H6O2/c9-7(10)5-1-2-6(4-3-5)8(11)12;9-7(10)5-2-1-3-6(4-5)8(11)12;7-5(8)3-1-2-4-6(9)10;7-5-3-1-2-4-6-8;1-5(2,3-6)4-7;3-1-2-4/h2*1-4H,(H,9,10)(H,11,12);1-4H2,(H,7,8)(H,9,10);7-8H,1-6H2;6-7H,3-4H2,1-2H3;3-4H,1-2H2. The number of hydrogen-bond donors (Lipinski definition) is 12. The maximum Gasteiger partial charge on any atom is 0.335 e. The van der Waals surface area contributed by atoms with Gasteiger partial charge in [0.15, 0.2) is 0 Å². The highest BCUT2D eigenvalue weighted by Gasteiger charge is 2.13. The number of benzene rings is 2. The van der Waals surface area contributed by atoms with Crippen molar-refractivity contribution in [2.75, 3.05) is 39.6 Å². The van der Waals surface area contributed by atoms with Crippen LogP contribution in [0.1, 0.15) is 107 Å². The zero-order valence-electron chi connectivity index (χ0n) is 29.8. The number of carboxylic acid groups (broad SMARTS) is 6. The molecular formula is C35H54O18. The summed E-state index contributed by atoms with van der Waals surface area (Å²) in [6.07, 6.45) is 4.85. The molecule has 0 aliphatic rings. The lowest BCUT2D eigenvalue weighted by Crippen LogP contribution is -2.20. The number of carboxylic acids is 6. The van der Waals surface area contributed by atoms with Crippen molar-refractivity contribution in [2.24, 2.45) is 5.41 Å². The molecule has 0 unspecified atom stereocenters. The van der Waals surface area contributed by atoms with Gasteiger partial charge in [-0.1, -0.05) is 32.8 Å². The van der Waals surface area contributed by atoms with E-state index in [4.69, 9.17) is 61.3 Å². The van der Waals surface area contributed by atoms with Gasteiger partial charge in [-0.15, -0.1) is 0 Å². The molecule has 18 nitrogen and oxygen atoms in total. The first-order valence-corrected chi connectivity index (χ1v) is 16.0. The number of rotatable bonds is 17. The molecule has 2 aromatic rings. The largest absolute Gasteiger partial charge is 0.481 e. The summed E-state index contributed by atoms with van der Waals surface area (Å²) in [6.45, 7) is 4.00. The van der Waals surface area contributed by atoms with Crippen LogP contribution in [0, 0.1) is 5.41 Å². The molecule has 12 N–H and O–H groups in total. The highest BCUT2D eigenvalue weighted by atomic mass is 16.4. The minimum absolute atomic E-state index is 0.0186. The lowest BCUT2D eigenvalue weighted by Gasteiger charge is -2.16. The first kappa shape index (κ1) is 54.8. The number of carbonyl (C=O) groups is 6. The lowest BCUT2D eigenvalue weighted by molar-refractivity contribution is -0.139. The quantitative estimate of drug-likeness (QED) is 0.103. The van der Waals surface area contributed by atoms with Crippen molar-refractivity contribution in [1.29, 1.82) is 0 Å². The Balaban J connectivity index is -0.000000280. The monoisotopic (exact) mass is 762 g/mol. The molecule has 0 amide bonds. The topological polar surface area (TPSA) is 345 Å². The zero-order valence-corrected chi connectivity index (χ0v) is 29.8. The van der Waals surface area contributed by atoms with Crippen molar-refractivity contribution in [2.45, 2.75) is 65.2 Å². The molecule has 0 spiro atoms. The van der Waals surface area contributed by atoms with Crippen molar-refractivity contribution in [1.82, 2.24) is 0 Å². The molecule has 18 heteroatoms. The van der Waals surface area contributed by atoms with Crippen LogP contribution in [0.4, 0.5) is 0 Å². The molecule has 0 aliphatic heterocycles. The van der Waals surface area contributed by atoms with E-state index in [2.05, 4.69) is 0 Å². The highest BCUT2D eigenvalue weighted by molar-refractivity contribution is 5.93. The smallest absolute Gasteiger partial charge is 0.335 e. The van der Waals surface area contributed by atoms with E-state index in [-0.39, 0.29) is 80.2 Å². The fraction of sp³-hybridized carbons (Fsp3) is 0.486. The number of aromatic carboxylic acids is 4. The van der Waals surface area contributed by atoms with E-state index < -0.39 is 35.8 Å². The van der Waals surface area contributed by atoms with Crippen molar-refractivity contribution < 1.29 is 90.0 Å². The Morgan fingerprint density at radius 2 is 0.736 bits per heavy atom. The van der Waals surface area contributed by atoms with Gasteiger partial charge in [-0.2, -0.15) is 0 Å². The van der Waals surface area contributed by atoms with Crippen LogP contribution in [0.15, 0.2) is 48.5 Å². The minimum atomic E-state index is -1.13. The van der Waals surface area contributed by atoms with E-state index in [1.54, 1.807) is 13.8 Å². The summed E-state index contributed by atoms with van der Waals surface area (Å²) in [6, 6.07) is 10.2. The summed E-state index contributed by atoms with van der Waals surface area (Å²) >= 11 is 0. The van der Waals surface area contributed by atoms with Gasteiger partial charge in [-0.05, 0) is 68.1 Å². The number of aliphatic hydroxyl groups is 6. The number of aliphatic carboxylic acids is 2. The average Bonchev–Trinajstić information content (AvgIpc) is 3.13. The highest BCUT2D eigenvalue weighted by Crippen LogP contribution is 2.10. The van der Waals surface area contributed by atoms with Crippen LogP contribution < -0.4 is 0 Å². The first-order valence-electron chi connectivity index (χ1n) is 16.0. The summed E-state index contributed by atoms with van der Waals surface area (Å²) in [7, 11) is 0. The third kappa shape index (κ3) is 38.1. The van der Waals surface area contributed by atoms with Gasteiger partial charge < -0.3 is 61.3 Å². The zero-order chi connectivity index (χ0) is 41.8. The van der Waals surface area contributed by atoms with Gasteiger partial charge in [-0.25, -0.2) is 19.2 Å². The van der Waals surface area contributed by atoms with E-state index >= 15 is 0 Å². The fourth-order valence-electron chi connectivity index (χ4n) is 2.72. The Kier molecular flexibility index (Phi) is 36.6. The van der Waals surface area contributed by atoms with Gasteiger partial charge in [-0.3, -0.25) is 9.59 Å². The van der Waals surface area contributed by atoms with Gasteiger partial charge in [0.25, 0.3) is 0 Å². The normalized spacial score (nSPS) is 9.58. The molecule has 0 aromatic heterocycles. The second-order valence-electron chi connectivity index (χ2n) is 11.2. The van der Waals surface area contributed by atoms with Crippen molar-refractivity contribution in [3.05, 3.63) is 70.8 Å². The Labute approximate surface area is 306 Å². The van der Waals surface area contributed by atoms with Crippen LogP contribution in [0.2, 0.25) is 0 Å². The predicted molar refractivity (Wildman–Crippen MR) is 189 cm³/mol. The predicted octanol–water partition coefficient (Wildman–Crippen LogP) is 2.38. The van der Waals surface area contributed by atoms with Gasteiger partial charge in [0.1, 0.15) is 0 Å². The van der Waals surface area contributed by atoms with E-state index in [0.29, 0.717) is 12.8 Å². The van der Waals surface area contributed by atoms with Gasteiger partial charge in [0, 0.05) is 31.5 Å². The molecule has 0 atom stereocenters. The maximum absolute atomic E-state index is 10.4. The number of aliphatic hydroxyl groups excluding tert-OH is 6. The molecule has 0 saturated heterocycles. The van der Waals surface area contributed by atoms with E-state index in [1.807, 2.05) is 0 Å². The molecule has 2 rings (SSSR count). The molecule has 0 bridgehead atoms. The molecule has 0 fully saturated rings. The van der Waals surface area contributed by atoms with E-state index in [9.17, 15) is 28.8 Å². The molecule has 0 heterocycles. The molecule has 53 heavy (non-hydrogen) atoms. The van der Waals surface area contributed by atoms with Crippen LogP contribution in [-0.4, -0.2) is 137 Å². The van der Waals surface area contributed by atoms with Gasteiger partial charge >= 0.3 is 35.8 Å². The average molecular weight is 763 g/mol. The number of unbranched alkanes of at least 4 members (excludes halogenated alkanes) is 4. The van der Waals surface area contributed by atoms with E-state index in [0.717, 1.165) is 31.7 Å². The Bertz CT molecular complexity index is 1200. The number of hydrogen-bond acceptors (Lipinski definition) is 12. The van der Waals surface area contributed by atoms with Crippen molar-refractivity contribution >= 4 is 35.8 Å². The summed E-state index contributed by atoms with van der Waals surface area (Å²) in [5.41, 5.74) is -0.176. The van der Waals surface area contributed by atoms with Gasteiger partial charge in [0.2, 0.25) is 0 Å². The Morgan fingerprint density at radius 3 is 0.925 bits per heavy atom. The second kappa shape index (κ2) is 35.4. The van der Waals surface area contributed by atoms with Crippen LogP contribution in [-0.2, 0) is 9.59 Å². The molecular weight excluding hydrogens is 708 g/mol. The lowest BCUT2D eigenvalue weighted by atomic mass is 9.97. The Hall–Kier alpha value is -4.98.